The van der Waals surface area contributed by atoms with E-state index in [1.165, 1.54) is 0 Å². The molecule has 0 unspecified atom stereocenters. The number of methoxy groups -OCH3 is 2. The van der Waals surface area contributed by atoms with Gasteiger partial charge in [0.25, 0.3) is 0 Å². The molecule has 1 N–H and O–H groups in total. The van der Waals surface area contributed by atoms with Gasteiger partial charge in [0.1, 0.15) is 0 Å². The second-order valence-electron chi connectivity index (χ2n) is 6.09. The Labute approximate surface area is 167 Å². The van der Waals surface area contributed by atoms with Gasteiger partial charge in [0.15, 0.2) is 11.5 Å². The molecule has 0 saturated carbocycles. The minimum Gasteiger partial charge on any atom is -0.493 e. The van der Waals surface area contributed by atoms with E-state index < -0.39 is 0 Å². The van der Waals surface area contributed by atoms with Crippen molar-refractivity contribution in [2.45, 2.75) is 19.8 Å². The predicted molar refractivity (Wildman–Crippen MR) is 106 cm³/mol. The Kier molecular flexibility index (Phi) is 6.16. The minimum atomic E-state index is -0.161. The molecule has 8 heteroatoms. The van der Waals surface area contributed by atoms with Gasteiger partial charge in [-0.05, 0) is 42.8 Å². The minimum absolute atomic E-state index is 0.161. The number of aromatic nitrogens is 2. The third kappa shape index (κ3) is 4.61. The highest BCUT2D eigenvalue weighted by Crippen LogP contribution is 2.31. The van der Waals surface area contributed by atoms with E-state index in [0.29, 0.717) is 40.3 Å². The average molecular weight is 402 g/mol. The lowest BCUT2D eigenvalue weighted by Gasteiger charge is -2.07. The summed E-state index contributed by atoms with van der Waals surface area (Å²) < 4.78 is 15.8. The average Bonchev–Trinajstić information content (AvgIpc) is 3.17. The van der Waals surface area contributed by atoms with E-state index in [2.05, 4.69) is 15.5 Å². The molecule has 1 amide bonds. The maximum atomic E-state index is 12.1. The third-order valence-corrected chi connectivity index (χ3v) is 4.54. The van der Waals surface area contributed by atoms with Gasteiger partial charge in [-0.15, -0.1) is 0 Å². The SMILES string of the molecule is COc1ccc(-c2noc(CCC(=O)Nc3ccc(C)c(Cl)c3)n2)cc1OC. The van der Waals surface area contributed by atoms with Gasteiger partial charge in [-0.2, -0.15) is 4.98 Å². The summed E-state index contributed by atoms with van der Waals surface area (Å²) in [6.45, 7) is 1.90. The summed E-state index contributed by atoms with van der Waals surface area (Å²) in [5, 5.41) is 7.38. The molecule has 0 spiro atoms. The molecule has 146 valence electrons. The van der Waals surface area contributed by atoms with E-state index in [9.17, 15) is 4.79 Å². The number of anilines is 1. The fourth-order valence-electron chi connectivity index (χ4n) is 2.56. The quantitative estimate of drug-likeness (QED) is 0.635. The highest BCUT2D eigenvalue weighted by molar-refractivity contribution is 6.31. The molecule has 0 radical (unpaired) electrons. The molecule has 7 nitrogen and oxygen atoms in total. The Hall–Kier alpha value is -3.06. The standard InChI is InChI=1S/C20H20ClN3O4/c1-12-4-6-14(11-15(12)21)22-18(25)8-9-19-23-20(24-28-19)13-5-7-16(26-2)17(10-13)27-3/h4-7,10-11H,8-9H2,1-3H3,(H,22,25). The molecular weight excluding hydrogens is 382 g/mol. The van der Waals surface area contributed by atoms with Crippen LogP contribution in [-0.2, 0) is 11.2 Å². The van der Waals surface area contributed by atoms with E-state index in [4.69, 9.17) is 25.6 Å². The van der Waals surface area contributed by atoms with Gasteiger partial charge < -0.3 is 19.3 Å². The van der Waals surface area contributed by atoms with Crippen LogP contribution in [0.3, 0.4) is 0 Å². The van der Waals surface area contributed by atoms with Gasteiger partial charge in [0.05, 0.1) is 14.2 Å². The number of halogens is 1. The van der Waals surface area contributed by atoms with Gasteiger partial charge in [-0.1, -0.05) is 22.8 Å². The Balaban J connectivity index is 1.61. The number of ether oxygens (including phenoxy) is 2. The Bertz CT molecular complexity index is 987. The van der Waals surface area contributed by atoms with Crippen LogP contribution in [0.25, 0.3) is 11.4 Å². The van der Waals surface area contributed by atoms with E-state index in [0.717, 1.165) is 11.1 Å². The molecule has 3 aromatic rings. The van der Waals surface area contributed by atoms with Crippen LogP contribution in [0.15, 0.2) is 40.9 Å². The van der Waals surface area contributed by atoms with E-state index in [-0.39, 0.29) is 12.3 Å². The van der Waals surface area contributed by atoms with Gasteiger partial charge >= 0.3 is 0 Å². The smallest absolute Gasteiger partial charge is 0.227 e. The molecule has 1 aromatic heterocycles. The summed E-state index contributed by atoms with van der Waals surface area (Å²) in [6.07, 6.45) is 0.533. The molecule has 0 aliphatic carbocycles. The van der Waals surface area contributed by atoms with Crippen LogP contribution in [-0.4, -0.2) is 30.3 Å². The first-order chi connectivity index (χ1) is 13.5. The molecule has 1 heterocycles. The molecule has 0 saturated heterocycles. The predicted octanol–water partition coefficient (Wildman–Crippen LogP) is 4.29. The molecule has 3 rings (SSSR count). The van der Waals surface area contributed by atoms with Crippen molar-refractivity contribution in [3.63, 3.8) is 0 Å². The van der Waals surface area contributed by atoms with Gasteiger partial charge in [-0.3, -0.25) is 4.79 Å². The van der Waals surface area contributed by atoms with Crippen LogP contribution in [0.4, 0.5) is 5.69 Å². The number of nitrogens with one attached hydrogen (secondary N) is 1. The highest BCUT2D eigenvalue weighted by atomic mass is 35.5. The van der Waals surface area contributed by atoms with Crippen molar-refractivity contribution >= 4 is 23.2 Å². The first-order valence-corrected chi connectivity index (χ1v) is 8.99. The van der Waals surface area contributed by atoms with Crippen LogP contribution < -0.4 is 14.8 Å². The molecule has 0 aliphatic heterocycles. The summed E-state index contributed by atoms with van der Waals surface area (Å²) in [5.41, 5.74) is 2.33. The number of rotatable bonds is 7. The molecular formula is C20H20ClN3O4. The Morgan fingerprint density at radius 1 is 1.14 bits per heavy atom. The number of nitrogens with zero attached hydrogens (tertiary/aromatic N) is 2. The monoisotopic (exact) mass is 401 g/mol. The van der Waals surface area contributed by atoms with Gasteiger partial charge in [0.2, 0.25) is 17.6 Å². The fraction of sp³-hybridized carbons (Fsp3) is 0.250. The zero-order valence-corrected chi connectivity index (χ0v) is 16.5. The van der Waals surface area contributed by atoms with Crippen molar-refractivity contribution in [3.8, 4) is 22.9 Å². The first kappa shape index (κ1) is 19.7. The summed E-state index contributed by atoms with van der Waals surface area (Å²) in [4.78, 5) is 16.5. The van der Waals surface area contributed by atoms with Crippen molar-refractivity contribution in [2.24, 2.45) is 0 Å². The number of hydrogen-bond acceptors (Lipinski definition) is 6. The lowest BCUT2D eigenvalue weighted by Crippen LogP contribution is -2.12. The molecule has 0 atom stereocenters. The van der Waals surface area contributed by atoms with Crippen LogP contribution in [0.5, 0.6) is 11.5 Å². The summed E-state index contributed by atoms with van der Waals surface area (Å²) >= 11 is 6.07. The second-order valence-corrected chi connectivity index (χ2v) is 6.50. The lowest BCUT2D eigenvalue weighted by molar-refractivity contribution is -0.116. The highest BCUT2D eigenvalue weighted by Gasteiger charge is 2.13. The Morgan fingerprint density at radius 2 is 1.93 bits per heavy atom. The van der Waals surface area contributed by atoms with Crippen LogP contribution in [0.2, 0.25) is 5.02 Å². The van der Waals surface area contributed by atoms with Crippen molar-refractivity contribution in [1.29, 1.82) is 0 Å². The number of amides is 1. The van der Waals surface area contributed by atoms with Crippen molar-refractivity contribution < 1.29 is 18.8 Å². The second kappa shape index (κ2) is 8.75. The zero-order valence-electron chi connectivity index (χ0n) is 15.8. The maximum absolute atomic E-state index is 12.1. The van der Waals surface area contributed by atoms with Crippen molar-refractivity contribution in [2.75, 3.05) is 19.5 Å². The number of carbonyl (C=O) groups excluding carboxylic acids is 1. The van der Waals surface area contributed by atoms with Gasteiger partial charge in [-0.25, -0.2) is 0 Å². The number of aryl methyl sites for hydroxylation is 2. The normalized spacial score (nSPS) is 10.6. The van der Waals surface area contributed by atoms with Crippen LogP contribution in [0.1, 0.15) is 17.9 Å². The first-order valence-electron chi connectivity index (χ1n) is 8.61. The van der Waals surface area contributed by atoms with Gasteiger partial charge in [0, 0.05) is 29.1 Å². The fourth-order valence-corrected chi connectivity index (χ4v) is 2.74. The number of carbonyl (C=O) groups is 1. The van der Waals surface area contributed by atoms with Crippen LogP contribution in [0, 0.1) is 6.92 Å². The molecule has 0 fully saturated rings. The van der Waals surface area contributed by atoms with Crippen molar-refractivity contribution in [3.05, 3.63) is 52.9 Å². The Morgan fingerprint density at radius 3 is 2.64 bits per heavy atom. The largest absolute Gasteiger partial charge is 0.493 e. The summed E-state index contributed by atoms with van der Waals surface area (Å²) in [6, 6.07) is 10.7. The topological polar surface area (TPSA) is 86.5 Å². The summed E-state index contributed by atoms with van der Waals surface area (Å²) in [5.74, 6) is 1.82. The molecule has 28 heavy (non-hydrogen) atoms. The van der Waals surface area contributed by atoms with Crippen LogP contribution >= 0.6 is 11.6 Å². The lowest BCUT2D eigenvalue weighted by atomic mass is 10.2. The van der Waals surface area contributed by atoms with E-state index in [1.807, 2.05) is 19.1 Å². The third-order valence-electron chi connectivity index (χ3n) is 4.13. The van der Waals surface area contributed by atoms with Crippen molar-refractivity contribution in [1.82, 2.24) is 10.1 Å². The molecule has 2 aromatic carbocycles. The van der Waals surface area contributed by atoms with E-state index in [1.54, 1.807) is 38.5 Å². The summed E-state index contributed by atoms with van der Waals surface area (Å²) in [7, 11) is 3.13. The molecule has 0 aliphatic rings. The zero-order chi connectivity index (χ0) is 20.1. The number of hydrogen-bond donors (Lipinski definition) is 1. The molecule has 0 bridgehead atoms. The van der Waals surface area contributed by atoms with E-state index >= 15 is 0 Å². The number of benzene rings is 2. The maximum Gasteiger partial charge on any atom is 0.227 e.